The van der Waals surface area contributed by atoms with Gasteiger partial charge in [0.25, 0.3) is 11.9 Å². The van der Waals surface area contributed by atoms with Crippen molar-refractivity contribution in [1.29, 1.82) is 0 Å². The molecule has 0 bridgehead atoms. The largest absolute Gasteiger partial charge is 0.252 e. The number of aromatic nitrogens is 1. The summed E-state index contributed by atoms with van der Waals surface area (Å²) in [6.07, 6.45) is 0. The van der Waals surface area contributed by atoms with Crippen LogP contribution in [0.25, 0.3) is 0 Å². The van der Waals surface area contributed by atoms with Crippen LogP contribution in [0.5, 0.6) is 0 Å². The zero-order chi connectivity index (χ0) is 14.9. The Morgan fingerprint density at radius 3 is 2.05 bits per heavy atom. The topological polar surface area (TPSA) is 12.9 Å². The SMILES string of the molecule is CC(Sc1c(F)c(F)nc(F)c1F)c1ccccc1F. The molecule has 1 atom stereocenters. The lowest BCUT2D eigenvalue weighted by atomic mass is 10.1. The third-order valence-corrected chi connectivity index (χ3v) is 3.80. The number of hydrogen-bond donors (Lipinski definition) is 0. The first-order valence-electron chi connectivity index (χ1n) is 5.53. The van der Waals surface area contributed by atoms with Crippen molar-refractivity contribution >= 4 is 11.8 Å². The van der Waals surface area contributed by atoms with Gasteiger partial charge in [-0.2, -0.15) is 13.8 Å². The zero-order valence-electron chi connectivity index (χ0n) is 10.1. The summed E-state index contributed by atoms with van der Waals surface area (Å²) in [4.78, 5) is 1.60. The van der Waals surface area contributed by atoms with Crippen LogP contribution in [0.2, 0.25) is 0 Å². The molecule has 1 nitrogen and oxygen atoms in total. The maximum Gasteiger partial charge on any atom is 0.252 e. The minimum absolute atomic E-state index is 0.175. The van der Waals surface area contributed by atoms with Crippen molar-refractivity contribution in [3.8, 4) is 0 Å². The van der Waals surface area contributed by atoms with E-state index in [2.05, 4.69) is 4.98 Å². The average Bonchev–Trinajstić information content (AvgIpc) is 2.41. The summed E-state index contributed by atoms with van der Waals surface area (Å²) in [5.41, 5.74) is 0.175. The van der Waals surface area contributed by atoms with E-state index in [9.17, 15) is 22.0 Å². The Morgan fingerprint density at radius 2 is 1.50 bits per heavy atom. The number of pyridine rings is 1. The second-order valence-electron chi connectivity index (χ2n) is 3.93. The number of rotatable bonds is 3. The van der Waals surface area contributed by atoms with Gasteiger partial charge in [0, 0.05) is 10.8 Å². The number of nitrogens with zero attached hydrogens (tertiary/aromatic N) is 1. The summed E-state index contributed by atoms with van der Waals surface area (Å²) in [6, 6.07) is 5.63. The third-order valence-electron chi connectivity index (χ3n) is 2.60. The molecule has 0 saturated heterocycles. The van der Waals surface area contributed by atoms with Crippen molar-refractivity contribution in [3.63, 3.8) is 0 Å². The van der Waals surface area contributed by atoms with Crippen molar-refractivity contribution < 1.29 is 22.0 Å². The van der Waals surface area contributed by atoms with Crippen molar-refractivity contribution in [2.45, 2.75) is 17.1 Å². The Hall–Kier alpha value is -1.63. The van der Waals surface area contributed by atoms with E-state index in [0.717, 1.165) is 0 Å². The first-order valence-corrected chi connectivity index (χ1v) is 6.40. The van der Waals surface area contributed by atoms with E-state index in [1.165, 1.54) is 25.1 Å². The predicted molar refractivity (Wildman–Crippen MR) is 64.7 cm³/mol. The highest BCUT2D eigenvalue weighted by Gasteiger charge is 2.24. The number of benzene rings is 1. The lowest BCUT2D eigenvalue weighted by molar-refractivity contribution is 0.383. The van der Waals surface area contributed by atoms with Crippen LogP contribution in [0.3, 0.4) is 0 Å². The molecule has 0 aliphatic heterocycles. The van der Waals surface area contributed by atoms with Crippen molar-refractivity contribution in [2.75, 3.05) is 0 Å². The Bertz CT molecular complexity index is 621. The summed E-state index contributed by atoms with van der Waals surface area (Å²) in [5, 5.41) is -0.735. The Labute approximate surface area is 115 Å². The lowest BCUT2D eigenvalue weighted by Crippen LogP contribution is -2.03. The lowest BCUT2D eigenvalue weighted by Gasteiger charge is -2.13. The minimum atomic E-state index is -1.73. The molecule has 0 radical (unpaired) electrons. The molecule has 2 rings (SSSR count). The van der Waals surface area contributed by atoms with Crippen LogP contribution in [-0.2, 0) is 0 Å². The van der Waals surface area contributed by atoms with Gasteiger partial charge >= 0.3 is 0 Å². The normalized spacial score (nSPS) is 12.5. The first-order chi connectivity index (χ1) is 9.41. The summed E-state index contributed by atoms with van der Waals surface area (Å²) in [5.74, 6) is -7.20. The van der Waals surface area contributed by atoms with Gasteiger partial charge in [-0.25, -0.2) is 13.2 Å². The standard InChI is InChI=1S/C13H8F5NS/c1-6(7-4-2-3-5-8(7)14)20-11-9(15)12(17)19-13(18)10(11)16/h2-6H,1H3. The molecule has 0 aliphatic carbocycles. The van der Waals surface area contributed by atoms with Crippen LogP contribution in [0.15, 0.2) is 29.2 Å². The predicted octanol–water partition coefficient (Wildman–Crippen LogP) is 4.63. The van der Waals surface area contributed by atoms with Gasteiger partial charge in [0.1, 0.15) is 5.82 Å². The summed E-state index contributed by atoms with van der Waals surface area (Å²) in [6.45, 7) is 1.47. The number of thioether (sulfide) groups is 1. The highest BCUT2D eigenvalue weighted by atomic mass is 32.2. The Kier molecular flexibility index (Phi) is 4.27. The molecule has 1 aromatic carbocycles. The second-order valence-corrected chi connectivity index (χ2v) is 5.28. The summed E-state index contributed by atoms with van der Waals surface area (Å²) in [7, 11) is 0. The van der Waals surface area contributed by atoms with E-state index in [1.807, 2.05) is 0 Å². The van der Waals surface area contributed by atoms with Crippen molar-refractivity contribution in [1.82, 2.24) is 4.98 Å². The Balaban J connectivity index is 2.38. The van der Waals surface area contributed by atoms with Gasteiger partial charge in [0.15, 0.2) is 11.6 Å². The van der Waals surface area contributed by atoms with Crippen molar-refractivity contribution in [2.24, 2.45) is 0 Å². The van der Waals surface area contributed by atoms with Gasteiger partial charge in [-0.05, 0) is 13.0 Å². The molecule has 0 spiro atoms. The highest BCUT2D eigenvalue weighted by Crippen LogP contribution is 2.39. The van der Waals surface area contributed by atoms with Crippen LogP contribution in [-0.4, -0.2) is 4.98 Å². The molecule has 1 aromatic heterocycles. The molecule has 106 valence electrons. The van der Waals surface area contributed by atoms with Crippen molar-refractivity contribution in [3.05, 3.63) is 59.2 Å². The summed E-state index contributed by atoms with van der Waals surface area (Å²) >= 11 is 0.482. The average molecular weight is 305 g/mol. The molecule has 0 aliphatic rings. The molecule has 1 unspecified atom stereocenters. The van der Waals surface area contributed by atoms with Gasteiger partial charge in [0.05, 0.1) is 4.90 Å². The van der Waals surface area contributed by atoms with Crippen LogP contribution >= 0.6 is 11.8 Å². The molecule has 2 aromatic rings. The molecule has 0 amide bonds. The molecule has 0 saturated carbocycles. The van der Waals surface area contributed by atoms with E-state index >= 15 is 0 Å². The number of halogens is 5. The van der Waals surface area contributed by atoms with Crippen LogP contribution < -0.4 is 0 Å². The highest BCUT2D eigenvalue weighted by molar-refractivity contribution is 7.99. The molecule has 1 heterocycles. The fourth-order valence-corrected chi connectivity index (χ4v) is 2.66. The minimum Gasteiger partial charge on any atom is -0.207 e. The monoisotopic (exact) mass is 305 g/mol. The van der Waals surface area contributed by atoms with Gasteiger partial charge in [-0.1, -0.05) is 18.2 Å². The molecule has 0 fully saturated rings. The smallest absolute Gasteiger partial charge is 0.207 e. The van der Waals surface area contributed by atoms with Crippen LogP contribution in [0.1, 0.15) is 17.7 Å². The number of hydrogen-bond acceptors (Lipinski definition) is 2. The molecular weight excluding hydrogens is 297 g/mol. The third kappa shape index (κ3) is 2.77. The molecule has 0 N–H and O–H groups in total. The quantitative estimate of drug-likeness (QED) is 0.466. The van der Waals surface area contributed by atoms with E-state index in [4.69, 9.17) is 0 Å². The van der Waals surface area contributed by atoms with E-state index in [1.54, 1.807) is 6.07 Å². The molecule has 7 heteroatoms. The molecular formula is C13H8F5NS. The fraction of sp³-hybridized carbons (Fsp3) is 0.154. The van der Waals surface area contributed by atoms with Gasteiger partial charge < -0.3 is 0 Å². The molecule has 20 heavy (non-hydrogen) atoms. The maximum absolute atomic E-state index is 13.5. The fourth-order valence-electron chi connectivity index (χ4n) is 1.62. The van der Waals surface area contributed by atoms with Gasteiger partial charge in [-0.15, -0.1) is 11.8 Å². The maximum atomic E-state index is 13.5. The second kappa shape index (κ2) is 5.78. The van der Waals surface area contributed by atoms with Gasteiger partial charge in [-0.3, -0.25) is 0 Å². The first kappa shape index (κ1) is 14.8. The zero-order valence-corrected chi connectivity index (χ0v) is 10.9. The van der Waals surface area contributed by atoms with E-state index in [0.29, 0.717) is 11.8 Å². The van der Waals surface area contributed by atoms with E-state index < -0.39 is 39.5 Å². The van der Waals surface area contributed by atoms with Crippen LogP contribution in [0, 0.1) is 29.3 Å². The Morgan fingerprint density at radius 1 is 0.950 bits per heavy atom. The van der Waals surface area contributed by atoms with Crippen LogP contribution in [0.4, 0.5) is 22.0 Å². The van der Waals surface area contributed by atoms with Gasteiger partial charge in [0.2, 0.25) is 0 Å². The summed E-state index contributed by atoms with van der Waals surface area (Å²) < 4.78 is 66.4. The van der Waals surface area contributed by atoms with E-state index in [-0.39, 0.29) is 5.56 Å².